The zero-order valence-electron chi connectivity index (χ0n) is 15.2. The van der Waals surface area contributed by atoms with E-state index in [0.29, 0.717) is 0 Å². The van der Waals surface area contributed by atoms with Crippen molar-refractivity contribution in [2.24, 2.45) is 0 Å². The maximum Gasteiger partial charge on any atom is 0.146 e. The molecule has 0 N–H and O–H groups in total. The summed E-state index contributed by atoms with van der Waals surface area (Å²) in [7, 11) is 0. The third kappa shape index (κ3) is 2.61. The molecule has 5 aromatic heterocycles. The Balaban J connectivity index is 1.52. The zero-order valence-corrected chi connectivity index (χ0v) is 15.2. The first-order chi connectivity index (χ1) is 13.2. The van der Waals surface area contributed by atoms with Gasteiger partial charge in [0.25, 0.3) is 0 Å². The third-order valence-corrected chi connectivity index (χ3v) is 5.03. The summed E-state index contributed by atoms with van der Waals surface area (Å²) >= 11 is 0. The van der Waals surface area contributed by atoms with Crippen LogP contribution < -0.4 is 0 Å². The van der Waals surface area contributed by atoms with Crippen LogP contribution in [0.1, 0.15) is 22.9 Å². The first-order valence-electron chi connectivity index (χ1n) is 8.99. The van der Waals surface area contributed by atoms with Crippen molar-refractivity contribution in [3.05, 3.63) is 72.0 Å². The minimum absolute atomic E-state index is 0.743. The van der Waals surface area contributed by atoms with Crippen LogP contribution in [-0.2, 0) is 12.8 Å². The van der Waals surface area contributed by atoms with E-state index >= 15 is 0 Å². The predicted molar refractivity (Wildman–Crippen MR) is 105 cm³/mol. The Kier molecular flexibility index (Phi) is 3.57. The maximum atomic E-state index is 4.90. The van der Waals surface area contributed by atoms with Crippen molar-refractivity contribution >= 4 is 27.5 Å². The van der Waals surface area contributed by atoms with Gasteiger partial charge in [-0.3, -0.25) is 9.97 Å². The number of aryl methyl sites for hydroxylation is 4. The molecule has 0 aliphatic heterocycles. The van der Waals surface area contributed by atoms with E-state index in [4.69, 9.17) is 4.98 Å². The maximum absolute atomic E-state index is 4.90. The number of rotatable bonds is 3. The lowest BCUT2D eigenvalue weighted by atomic mass is 10.2. The van der Waals surface area contributed by atoms with Crippen molar-refractivity contribution in [3.8, 4) is 0 Å². The number of fused-ring (bicyclic) bond motifs is 4. The Morgan fingerprint density at radius 1 is 0.889 bits per heavy atom. The molecule has 0 fully saturated rings. The molecule has 0 aliphatic rings. The molecule has 6 nitrogen and oxygen atoms in total. The van der Waals surface area contributed by atoms with E-state index in [1.807, 2.05) is 37.5 Å². The minimum atomic E-state index is 0.743. The van der Waals surface area contributed by atoms with Gasteiger partial charge in [-0.1, -0.05) is 0 Å². The second-order valence-corrected chi connectivity index (χ2v) is 6.71. The van der Waals surface area contributed by atoms with E-state index in [9.17, 15) is 0 Å². The number of pyridine rings is 3. The molecule has 0 unspecified atom stereocenters. The summed E-state index contributed by atoms with van der Waals surface area (Å²) in [5, 5.41) is 2.12. The van der Waals surface area contributed by atoms with Gasteiger partial charge in [0.2, 0.25) is 0 Å². The standard InChI is InChI=1S/C21H18N6/c1-13-15-7-10-22-12-19(15)25-20(24-13)6-5-17-14(2)27-11-8-18-16(21(27)26-17)4-3-9-23-18/h3-4,7-12H,5-6H2,1-2H3. The molecule has 0 spiro atoms. The van der Waals surface area contributed by atoms with Gasteiger partial charge < -0.3 is 4.40 Å². The minimum Gasteiger partial charge on any atom is -0.303 e. The first kappa shape index (κ1) is 15.8. The predicted octanol–water partition coefficient (Wildman–Crippen LogP) is 3.62. The van der Waals surface area contributed by atoms with Crippen LogP contribution in [-0.4, -0.2) is 29.3 Å². The van der Waals surface area contributed by atoms with Crippen LogP contribution in [0.3, 0.4) is 0 Å². The number of imidazole rings is 1. The average molecular weight is 354 g/mol. The molecule has 0 aliphatic carbocycles. The lowest BCUT2D eigenvalue weighted by Gasteiger charge is -2.05. The highest BCUT2D eigenvalue weighted by atomic mass is 15.0. The van der Waals surface area contributed by atoms with Crippen LogP contribution in [0.4, 0.5) is 0 Å². The SMILES string of the molecule is Cc1nc(CCc2nc3c4cccnc4ccn3c2C)nc2cnccc12. The molecule has 5 heterocycles. The number of hydrogen-bond acceptors (Lipinski definition) is 5. The number of nitrogens with zero attached hydrogens (tertiary/aromatic N) is 6. The van der Waals surface area contributed by atoms with Crippen LogP contribution in [0, 0.1) is 13.8 Å². The van der Waals surface area contributed by atoms with E-state index in [1.54, 1.807) is 12.4 Å². The first-order valence-corrected chi connectivity index (χ1v) is 8.99. The van der Waals surface area contributed by atoms with Gasteiger partial charge in [0.15, 0.2) is 0 Å². The average Bonchev–Trinajstić information content (AvgIpc) is 3.03. The van der Waals surface area contributed by atoms with Gasteiger partial charge in [0.05, 0.1) is 22.9 Å². The molecular formula is C21H18N6. The highest BCUT2D eigenvalue weighted by Crippen LogP contribution is 2.21. The second-order valence-electron chi connectivity index (χ2n) is 6.71. The molecule has 0 radical (unpaired) electrons. The summed E-state index contributed by atoms with van der Waals surface area (Å²) in [6.07, 6.45) is 8.95. The van der Waals surface area contributed by atoms with Gasteiger partial charge in [-0.2, -0.15) is 0 Å². The van der Waals surface area contributed by atoms with Gasteiger partial charge in [0, 0.05) is 47.2 Å². The van der Waals surface area contributed by atoms with Crippen LogP contribution >= 0.6 is 0 Å². The molecule has 5 rings (SSSR count). The Morgan fingerprint density at radius 2 is 1.81 bits per heavy atom. The summed E-state index contributed by atoms with van der Waals surface area (Å²) in [4.78, 5) is 22.8. The summed E-state index contributed by atoms with van der Waals surface area (Å²) in [6, 6.07) is 8.01. The van der Waals surface area contributed by atoms with Crippen molar-refractivity contribution in [1.29, 1.82) is 0 Å². The summed E-state index contributed by atoms with van der Waals surface area (Å²) in [5.74, 6) is 0.830. The van der Waals surface area contributed by atoms with Gasteiger partial charge in [0.1, 0.15) is 11.5 Å². The summed E-state index contributed by atoms with van der Waals surface area (Å²) < 4.78 is 2.13. The summed E-state index contributed by atoms with van der Waals surface area (Å²) in [5.41, 5.74) is 6.01. The van der Waals surface area contributed by atoms with Gasteiger partial charge in [-0.25, -0.2) is 15.0 Å². The van der Waals surface area contributed by atoms with Crippen LogP contribution in [0.15, 0.2) is 49.1 Å². The molecule has 0 amide bonds. The Morgan fingerprint density at radius 3 is 2.74 bits per heavy atom. The molecular weight excluding hydrogens is 336 g/mol. The van der Waals surface area contributed by atoms with E-state index in [2.05, 4.69) is 37.3 Å². The lowest BCUT2D eigenvalue weighted by molar-refractivity contribution is 0.836. The quantitative estimate of drug-likeness (QED) is 0.495. The van der Waals surface area contributed by atoms with Gasteiger partial charge >= 0.3 is 0 Å². The van der Waals surface area contributed by atoms with Gasteiger partial charge in [-0.15, -0.1) is 0 Å². The molecule has 132 valence electrons. The van der Waals surface area contributed by atoms with Crippen LogP contribution in [0.5, 0.6) is 0 Å². The molecule has 5 aromatic rings. The fourth-order valence-corrected chi connectivity index (χ4v) is 3.60. The van der Waals surface area contributed by atoms with E-state index < -0.39 is 0 Å². The molecule has 0 saturated heterocycles. The number of aromatic nitrogens is 6. The Labute approximate surface area is 156 Å². The zero-order chi connectivity index (χ0) is 18.4. The van der Waals surface area contributed by atoms with Gasteiger partial charge in [-0.05, 0) is 44.5 Å². The second kappa shape index (κ2) is 6.09. The van der Waals surface area contributed by atoms with E-state index in [-0.39, 0.29) is 0 Å². The molecule has 27 heavy (non-hydrogen) atoms. The van der Waals surface area contributed by atoms with Crippen molar-refractivity contribution in [1.82, 2.24) is 29.3 Å². The van der Waals surface area contributed by atoms with Crippen molar-refractivity contribution < 1.29 is 0 Å². The monoisotopic (exact) mass is 354 g/mol. The highest BCUT2D eigenvalue weighted by Gasteiger charge is 2.12. The summed E-state index contributed by atoms with van der Waals surface area (Å²) in [6.45, 7) is 4.12. The Bertz CT molecular complexity index is 1300. The smallest absolute Gasteiger partial charge is 0.146 e. The van der Waals surface area contributed by atoms with Crippen molar-refractivity contribution in [2.75, 3.05) is 0 Å². The third-order valence-electron chi connectivity index (χ3n) is 5.03. The van der Waals surface area contributed by atoms with E-state index in [1.165, 1.54) is 0 Å². The van der Waals surface area contributed by atoms with Crippen LogP contribution in [0.2, 0.25) is 0 Å². The Hall–Kier alpha value is -3.41. The largest absolute Gasteiger partial charge is 0.303 e. The van der Waals surface area contributed by atoms with Crippen molar-refractivity contribution in [2.45, 2.75) is 26.7 Å². The molecule has 0 bridgehead atoms. The molecule has 0 atom stereocenters. The lowest BCUT2D eigenvalue weighted by Crippen LogP contribution is -2.02. The normalized spacial score (nSPS) is 11.6. The highest BCUT2D eigenvalue weighted by molar-refractivity contribution is 5.91. The fourth-order valence-electron chi connectivity index (χ4n) is 3.60. The van der Waals surface area contributed by atoms with E-state index in [0.717, 1.165) is 63.2 Å². The molecule has 6 heteroatoms. The number of hydrogen-bond donors (Lipinski definition) is 0. The topological polar surface area (TPSA) is 68.9 Å². The molecule has 0 aromatic carbocycles. The van der Waals surface area contributed by atoms with Crippen LogP contribution in [0.25, 0.3) is 27.5 Å². The molecule has 0 saturated carbocycles. The fraction of sp³-hybridized carbons (Fsp3) is 0.190. The van der Waals surface area contributed by atoms with Crippen molar-refractivity contribution in [3.63, 3.8) is 0 Å².